The van der Waals surface area contributed by atoms with E-state index in [9.17, 15) is 13.6 Å². The number of carbonyl (C=O) groups excluding carboxylic acids is 1. The van der Waals surface area contributed by atoms with Gasteiger partial charge in [-0.2, -0.15) is 0 Å². The Hall–Kier alpha value is -2.37. The summed E-state index contributed by atoms with van der Waals surface area (Å²) in [5, 5.41) is 0. The van der Waals surface area contributed by atoms with Crippen molar-refractivity contribution in [2.45, 2.75) is 18.9 Å². The molecule has 0 spiro atoms. The molecule has 1 aliphatic rings. The van der Waals surface area contributed by atoms with E-state index < -0.39 is 17.5 Å². The Morgan fingerprint density at radius 2 is 2.14 bits per heavy atom. The minimum atomic E-state index is -0.938. The molecule has 0 saturated carbocycles. The summed E-state index contributed by atoms with van der Waals surface area (Å²) in [4.78, 5) is 21.8. The van der Waals surface area contributed by atoms with E-state index in [4.69, 9.17) is 0 Å². The quantitative estimate of drug-likeness (QED) is 0.854. The Balaban J connectivity index is 1.90. The van der Waals surface area contributed by atoms with Crippen LogP contribution in [0.5, 0.6) is 0 Å². The van der Waals surface area contributed by atoms with E-state index in [0.717, 1.165) is 24.7 Å². The van der Waals surface area contributed by atoms with Crippen LogP contribution in [0.25, 0.3) is 0 Å². The highest BCUT2D eigenvalue weighted by molar-refractivity contribution is 5.93. The second-order valence-electron chi connectivity index (χ2n) is 4.90. The molecule has 3 rings (SSSR count). The molecule has 0 aliphatic carbocycles. The van der Waals surface area contributed by atoms with Crippen LogP contribution < -0.4 is 0 Å². The van der Waals surface area contributed by atoms with Gasteiger partial charge in [0, 0.05) is 18.8 Å². The molecule has 1 atom stereocenters. The van der Waals surface area contributed by atoms with Gasteiger partial charge < -0.3 is 4.90 Å². The molecule has 0 N–H and O–H groups in total. The van der Waals surface area contributed by atoms with Gasteiger partial charge in [-0.05, 0) is 25.0 Å². The van der Waals surface area contributed by atoms with Gasteiger partial charge in [0.2, 0.25) is 0 Å². The zero-order chi connectivity index (χ0) is 14.8. The molecular weight excluding hydrogens is 276 g/mol. The maximum Gasteiger partial charge on any atom is 0.276 e. The first kappa shape index (κ1) is 13.6. The Labute approximate surface area is 120 Å². The SMILES string of the molecule is O=C(c1ncc(F)cc1F)N1CCC[C@@H]1c1ccccn1. The van der Waals surface area contributed by atoms with E-state index in [1.165, 1.54) is 0 Å². The second kappa shape index (κ2) is 5.55. The van der Waals surface area contributed by atoms with Crippen LogP contribution >= 0.6 is 0 Å². The molecule has 2 aromatic rings. The van der Waals surface area contributed by atoms with Crippen LogP contribution in [-0.2, 0) is 0 Å². The third kappa shape index (κ3) is 2.61. The molecule has 1 saturated heterocycles. The lowest BCUT2D eigenvalue weighted by atomic mass is 10.1. The van der Waals surface area contributed by atoms with Crippen molar-refractivity contribution in [2.24, 2.45) is 0 Å². The highest BCUT2D eigenvalue weighted by Crippen LogP contribution is 2.31. The molecule has 2 aromatic heterocycles. The van der Waals surface area contributed by atoms with E-state index in [0.29, 0.717) is 12.6 Å². The summed E-state index contributed by atoms with van der Waals surface area (Å²) in [5.41, 5.74) is 0.421. The van der Waals surface area contributed by atoms with Gasteiger partial charge in [-0.1, -0.05) is 6.07 Å². The van der Waals surface area contributed by atoms with Crippen molar-refractivity contribution < 1.29 is 13.6 Å². The summed E-state index contributed by atoms with van der Waals surface area (Å²) < 4.78 is 26.6. The van der Waals surface area contributed by atoms with E-state index in [1.54, 1.807) is 17.2 Å². The van der Waals surface area contributed by atoms with Gasteiger partial charge in [0.1, 0.15) is 5.82 Å². The molecule has 1 aliphatic heterocycles. The van der Waals surface area contributed by atoms with Crippen molar-refractivity contribution in [3.63, 3.8) is 0 Å². The molecule has 1 amide bonds. The number of halogens is 2. The molecule has 6 heteroatoms. The van der Waals surface area contributed by atoms with Crippen molar-refractivity contribution in [3.8, 4) is 0 Å². The summed E-state index contributed by atoms with van der Waals surface area (Å²) in [6.07, 6.45) is 4.09. The topological polar surface area (TPSA) is 46.1 Å². The number of carbonyl (C=O) groups is 1. The zero-order valence-electron chi connectivity index (χ0n) is 11.2. The number of nitrogens with zero attached hydrogens (tertiary/aromatic N) is 3. The van der Waals surface area contributed by atoms with E-state index in [1.807, 2.05) is 12.1 Å². The Morgan fingerprint density at radius 3 is 2.86 bits per heavy atom. The van der Waals surface area contributed by atoms with E-state index >= 15 is 0 Å². The fourth-order valence-corrected chi connectivity index (χ4v) is 2.60. The van der Waals surface area contributed by atoms with Crippen molar-refractivity contribution in [2.75, 3.05) is 6.54 Å². The fraction of sp³-hybridized carbons (Fsp3) is 0.267. The number of aromatic nitrogens is 2. The first-order valence-electron chi connectivity index (χ1n) is 6.70. The fourth-order valence-electron chi connectivity index (χ4n) is 2.60. The van der Waals surface area contributed by atoms with Crippen LogP contribution in [0.15, 0.2) is 36.7 Å². The molecule has 0 radical (unpaired) electrons. The standard InChI is InChI=1S/C15H13F2N3O/c16-10-8-11(17)14(19-9-10)15(21)20-7-3-5-13(20)12-4-1-2-6-18-12/h1-2,4,6,8-9,13H,3,5,7H2/t13-/m1/s1. The third-order valence-electron chi connectivity index (χ3n) is 3.55. The first-order valence-corrected chi connectivity index (χ1v) is 6.70. The number of hydrogen-bond donors (Lipinski definition) is 0. The number of likely N-dealkylation sites (tertiary alicyclic amines) is 1. The molecule has 21 heavy (non-hydrogen) atoms. The van der Waals surface area contributed by atoms with Gasteiger partial charge >= 0.3 is 0 Å². The molecule has 1 fully saturated rings. The largest absolute Gasteiger partial charge is 0.329 e. The zero-order valence-corrected chi connectivity index (χ0v) is 11.2. The number of amides is 1. The Bertz CT molecular complexity index is 663. The van der Waals surface area contributed by atoms with Gasteiger partial charge in [-0.25, -0.2) is 13.8 Å². The molecule has 108 valence electrons. The van der Waals surface area contributed by atoms with Crippen LogP contribution in [0.1, 0.15) is 35.1 Å². The van der Waals surface area contributed by atoms with E-state index in [2.05, 4.69) is 9.97 Å². The predicted octanol–water partition coefficient (Wildman–Crippen LogP) is 2.73. The van der Waals surface area contributed by atoms with Gasteiger partial charge in [0.15, 0.2) is 11.5 Å². The van der Waals surface area contributed by atoms with Gasteiger partial charge in [-0.3, -0.25) is 9.78 Å². The molecular formula is C15H13F2N3O. The summed E-state index contributed by atoms with van der Waals surface area (Å²) in [7, 11) is 0. The summed E-state index contributed by atoms with van der Waals surface area (Å²) in [6.45, 7) is 0.512. The lowest BCUT2D eigenvalue weighted by Gasteiger charge is -2.24. The maximum absolute atomic E-state index is 13.7. The van der Waals surface area contributed by atoms with Crippen molar-refractivity contribution >= 4 is 5.91 Å². The van der Waals surface area contributed by atoms with Crippen LogP contribution in [-0.4, -0.2) is 27.3 Å². The van der Waals surface area contributed by atoms with Gasteiger partial charge in [-0.15, -0.1) is 0 Å². The highest BCUT2D eigenvalue weighted by atomic mass is 19.1. The molecule has 0 aromatic carbocycles. The monoisotopic (exact) mass is 289 g/mol. The van der Waals surface area contributed by atoms with Gasteiger partial charge in [0.05, 0.1) is 17.9 Å². The second-order valence-corrected chi connectivity index (χ2v) is 4.90. The summed E-state index contributed by atoms with van der Waals surface area (Å²) in [6, 6.07) is 5.97. The normalized spacial score (nSPS) is 18.0. The number of hydrogen-bond acceptors (Lipinski definition) is 3. The van der Waals surface area contributed by atoms with Crippen LogP contribution in [0, 0.1) is 11.6 Å². The lowest BCUT2D eigenvalue weighted by molar-refractivity contribution is 0.0721. The third-order valence-corrected chi connectivity index (χ3v) is 3.55. The van der Waals surface area contributed by atoms with Crippen molar-refractivity contribution in [1.29, 1.82) is 0 Å². The van der Waals surface area contributed by atoms with E-state index in [-0.39, 0.29) is 11.7 Å². The Morgan fingerprint density at radius 1 is 1.29 bits per heavy atom. The minimum absolute atomic E-state index is 0.190. The number of pyridine rings is 2. The highest BCUT2D eigenvalue weighted by Gasteiger charge is 2.33. The van der Waals surface area contributed by atoms with Crippen LogP contribution in [0.2, 0.25) is 0 Å². The van der Waals surface area contributed by atoms with Crippen molar-refractivity contribution in [3.05, 3.63) is 59.7 Å². The Kier molecular flexibility index (Phi) is 3.60. The first-order chi connectivity index (χ1) is 10.2. The summed E-state index contributed by atoms with van der Waals surface area (Å²) in [5.74, 6) is -2.26. The molecule has 3 heterocycles. The smallest absolute Gasteiger partial charge is 0.276 e. The predicted molar refractivity (Wildman–Crippen MR) is 71.4 cm³/mol. The van der Waals surface area contributed by atoms with Crippen LogP contribution in [0.4, 0.5) is 8.78 Å². The summed E-state index contributed by atoms with van der Waals surface area (Å²) >= 11 is 0. The lowest BCUT2D eigenvalue weighted by Crippen LogP contribution is -2.32. The molecule has 4 nitrogen and oxygen atoms in total. The van der Waals surface area contributed by atoms with Crippen LogP contribution in [0.3, 0.4) is 0 Å². The number of rotatable bonds is 2. The van der Waals surface area contributed by atoms with Crippen molar-refractivity contribution in [1.82, 2.24) is 14.9 Å². The maximum atomic E-state index is 13.7. The molecule has 0 bridgehead atoms. The average molecular weight is 289 g/mol. The van der Waals surface area contributed by atoms with Gasteiger partial charge in [0.25, 0.3) is 5.91 Å². The minimum Gasteiger partial charge on any atom is -0.329 e. The molecule has 0 unspecified atom stereocenters. The average Bonchev–Trinajstić information content (AvgIpc) is 2.97.